The zero-order valence-electron chi connectivity index (χ0n) is 23.0. The molecule has 0 spiro atoms. The first kappa shape index (κ1) is 34.5. The number of nitrogens with zero attached hydrogens (tertiary/aromatic N) is 3. The van der Waals surface area contributed by atoms with Crippen LogP contribution >= 0.6 is 0 Å². The summed E-state index contributed by atoms with van der Waals surface area (Å²) in [5.41, 5.74) is 10.7. The third kappa shape index (κ3) is 10.6. The predicted octanol–water partition coefficient (Wildman–Crippen LogP) is 2.08. The molecule has 0 aliphatic carbocycles. The zero-order chi connectivity index (χ0) is 32.9. The van der Waals surface area contributed by atoms with Crippen LogP contribution in [-0.2, 0) is 20.9 Å². The standard InChI is InChI=1S/C26H28N6O5.C2HF3O2/c27-26(28)29-15-7-14-21(25(36)37)30-23(34)20-13-8-16-31(24(20)35)17-22(33)32(18-9-3-1-4-10-18)19-11-5-2-6-12-19;3-2(4,5)1(6)7/h1-6,8-13,16,21H,7,14-15,17H2,(H,30,34)(H,36,37)(H4,27,28,29);(H,6,7)/t21-;/m0./s1. The number of pyridine rings is 1. The minimum atomic E-state index is -5.08. The van der Waals surface area contributed by atoms with Crippen molar-refractivity contribution < 1.29 is 42.6 Å². The Morgan fingerprint density at radius 1 is 0.909 bits per heavy atom. The molecule has 1 atom stereocenters. The van der Waals surface area contributed by atoms with E-state index in [-0.39, 0.29) is 31.0 Å². The van der Waals surface area contributed by atoms with Crippen LogP contribution in [0.5, 0.6) is 0 Å². The van der Waals surface area contributed by atoms with Gasteiger partial charge in [-0.05, 0) is 49.2 Å². The van der Waals surface area contributed by atoms with E-state index < -0.39 is 41.5 Å². The highest BCUT2D eigenvalue weighted by Crippen LogP contribution is 2.25. The second-order valence-corrected chi connectivity index (χ2v) is 8.87. The molecule has 0 fully saturated rings. The molecule has 0 aliphatic rings. The summed E-state index contributed by atoms with van der Waals surface area (Å²) in [4.78, 5) is 65.0. The molecule has 2 aromatic carbocycles. The molecule has 2 amide bonds. The second kappa shape index (κ2) is 16.1. The molecule has 1 aromatic heterocycles. The van der Waals surface area contributed by atoms with Crippen LogP contribution in [0, 0.1) is 0 Å². The van der Waals surface area contributed by atoms with E-state index in [1.165, 1.54) is 23.2 Å². The van der Waals surface area contributed by atoms with Gasteiger partial charge in [-0.1, -0.05) is 36.4 Å². The van der Waals surface area contributed by atoms with Gasteiger partial charge in [-0.2, -0.15) is 13.2 Å². The summed E-state index contributed by atoms with van der Waals surface area (Å²) in [5.74, 6) is -5.39. The van der Waals surface area contributed by atoms with E-state index in [0.717, 1.165) is 4.57 Å². The minimum absolute atomic E-state index is 0.0560. The summed E-state index contributed by atoms with van der Waals surface area (Å²) in [7, 11) is 0. The Bertz CT molecular complexity index is 1490. The average molecular weight is 619 g/mol. The molecule has 0 saturated heterocycles. The average Bonchev–Trinajstić information content (AvgIpc) is 2.96. The fourth-order valence-corrected chi connectivity index (χ4v) is 3.64. The van der Waals surface area contributed by atoms with Gasteiger partial charge in [0, 0.05) is 24.1 Å². The minimum Gasteiger partial charge on any atom is -0.480 e. The molecular formula is C28H29F3N6O7. The number of nitrogens with one attached hydrogen (secondary N) is 1. The Kier molecular flexibility index (Phi) is 12.6. The molecule has 3 aromatic rings. The van der Waals surface area contributed by atoms with Gasteiger partial charge >= 0.3 is 18.1 Å². The first-order chi connectivity index (χ1) is 20.7. The number of carbonyl (C=O) groups is 4. The Morgan fingerprint density at radius 3 is 1.89 bits per heavy atom. The monoisotopic (exact) mass is 618 g/mol. The SMILES string of the molecule is NC(N)=NCCC[C@H](NC(=O)c1cccn(CC(=O)N(c2ccccc2)c2ccccc2)c1=O)C(=O)O.O=C(O)C(F)(F)F. The number of carboxylic acids is 2. The van der Waals surface area contributed by atoms with Gasteiger partial charge in [0.05, 0.1) is 0 Å². The van der Waals surface area contributed by atoms with Crippen molar-refractivity contribution in [2.75, 3.05) is 11.4 Å². The molecule has 1 heterocycles. The van der Waals surface area contributed by atoms with Gasteiger partial charge < -0.3 is 31.6 Å². The highest BCUT2D eigenvalue weighted by Gasteiger charge is 2.38. The van der Waals surface area contributed by atoms with E-state index >= 15 is 0 Å². The molecule has 234 valence electrons. The van der Waals surface area contributed by atoms with Crippen LogP contribution in [0.15, 0.2) is 88.8 Å². The van der Waals surface area contributed by atoms with Gasteiger partial charge in [0.2, 0.25) is 0 Å². The van der Waals surface area contributed by atoms with E-state index in [1.54, 1.807) is 48.5 Å². The molecule has 0 radical (unpaired) electrons. The summed E-state index contributed by atoms with van der Waals surface area (Å²) in [6.07, 6.45) is -3.33. The number of guanidine groups is 1. The number of para-hydroxylation sites is 2. The number of nitrogens with two attached hydrogens (primary N) is 2. The largest absolute Gasteiger partial charge is 0.490 e. The molecule has 13 nitrogen and oxygen atoms in total. The smallest absolute Gasteiger partial charge is 0.480 e. The number of aliphatic imine (C=N–C) groups is 1. The van der Waals surface area contributed by atoms with E-state index in [2.05, 4.69) is 10.3 Å². The maximum Gasteiger partial charge on any atom is 0.490 e. The third-order valence-corrected chi connectivity index (χ3v) is 5.64. The molecule has 7 N–H and O–H groups in total. The van der Waals surface area contributed by atoms with Crippen LogP contribution in [0.25, 0.3) is 0 Å². The molecule has 16 heteroatoms. The van der Waals surface area contributed by atoms with E-state index in [9.17, 15) is 37.5 Å². The Balaban J connectivity index is 0.000000860. The molecule has 3 rings (SSSR count). The topological polar surface area (TPSA) is 210 Å². The number of amides is 2. The van der Waals surface area contributed by atoms with Gasteiger partial charge in [0.1, 0.15) is 18.2 Å². The fraction of sp³-hybridized carbons (Fsp3) is 0.214. The van der Waals surface area contributed by atoms with E-state index in [0.29, 0.717) is 17.8 Å². The molecule has 0 unspecified atom stereocenters. The number of hydrogen-bond donors (Lipinski definition) is 5. The fourth-order valence-electron chi connectivity index (χ4n) is 3.64. The first-order valence-corrected chi connectivity index (χ1v) is 12.7. The number of alkyl halides is 3. The number of aliphatic carboxylic acids is 2. The lowest BCUT2D eigenvalue weighted by molar-refractivity contribution is -0.192. The van der Waals surface area contributed by atoms with Crippen LogP contribution in [0.2, 0.25) is 0 Å². The number of carbonyl (C=O) groups excluding carboxylic acids is 2. The van der Waals surface area contributed by atoms with Crippen molar-refractivity contribution in [3.63, 3.8) is 0 Å². The summed E-state index contributed by atoms with van der Waals surface area (Å²) < 4.78 is 32.9. The summed E-state index contributed by atoms with van der Waals surface area (Å²) in [5, 5.41) is 18.9. The normalized spacial score (nSPS) is 11.2. The van der Waals surface area contributed by atoms with Crippen molar-refractivity contribution >= 4 is 41.1 Å². The van der Waals surface area contributed by atoms with Gasteiger partial charge in [0.25, 0.3) is 17.4 Å². The maximum absolute atomic E-state index is 13.4. The van der Waals surface area contributed by atoms with Crippen molar-refractivity contribution in [3.8, 4) is 0 Å². The summed E-state index contributed by atoms with van der Waals surface area (Å²) in [6, 6.07) is 19.4. The highest BCUT2D eigenvalue weighted by molar-refractivity contribution is 6.00. The Labute approximate surface area is 248 Å². The molecule has 0 aliphatic heterocycles. The lowest BCUT2D eigenvalue weighted by atomic mass is 10.1. The first-order valence-electron chi connectivity index (χ1n) is 12.7. The number of benzene rings is 2. The quantitative estimate of drug-likeness (QED) is 0.121. The number of rotatable bonds is 11. The van der Waals surface area contributed by atoms with Crippen LogP contribution in [0.1, 0.15) is 23.2 Å². The van der Waals surface area contributed by atoms with E-state index in [4.69, 9.17) is 21.4 Å². The second-order valence-electron chi connectivity index (χ2n) is 8.87. The highest BCUT2D eigenvalue weighted by atomic mass is 19.4. The number of aromatic nitrogens is 1. The number of halogens is 3. The molecule has 44 heavy (non-hydrogen) atoms. The van der Waals surface area contributed by atoms with Crippen molar-refractivity contribution in [1.29, 1.82) is 0 Å². The third-order valence-electron chi connectivity index (χ3n) is 5.64. The van der Waals surface area contributed by atoms with E-state index in [1.807, 2.05) is 12.1 Å². The van der Waals surface area contributed by atoms with Crippen LogP contribution < -0.4 is 27.2 Å². The predicted molar refractivity (Wildman–Crippen MR) is 153 cm³/mol. The van der Waals surface area contributed by atoms with Crippen LogP contribution in [-0.4, -0.2) is 63.3 Å². The zero-order valence-corrected chi connectivity index (χ0v) is 23.0. The summed E-state index contributed by atoms with van der Waals surface area (Å²) in [6.45, 7) is -0.147. The van der Waals surface area contributed by atoms with Crippen molar-refractivity contribution in [3.05, 3.63) is 94.9 Å². The Morgan fingerprint density at radius 2 is 1.43 bits per heavy atom. The lowest BCUT2D eigenvalue weighted by Gasteiger charge is -2.23. The molecular weight excluding hydrogens is 589 g/mol. The van der Waals surface area contributed by atoms with Crippen LogP contribution in [0.4, 0.5) is 24.5 Å². The Hall–Kier alpha value is -5.67. The van der Waals surface area contributed by atoms with Crippen molar-refractivity contribution in [2.45, 2.75) is 31.6 Å². The molecule has 0 saturated carbocycles. The number of hydrogen-bond acceptors (Lipinski definition) is 6. The van der Waals surface area contributed by atoms with Crippen molar-refractivity contribution in [1.82, 2.24) is 9.88 Å². The van der Waals surface area contributed by atoms with Gasteiger partial charge in [0.15, 0.2) is 5.96 Å². The maximum atomic E-state index is 13.4. The van der Waals surface area contributed by atoms with Gasteiger partial charge in [-0.25, -0.2) is 9.59 Å². The van der Waals surface area contributed by atoms with Crippen LogP contribution in [0.3, 0.4) is 0 Å². The molecule has 0 bridgehead atoms. The summed E-state index contributed by atoms with van der Waals surface area (Å²) >= 11 is 0. The van der Waals surface area contributed by atoms with Crippen molar-refractivity contribution in [2.24, 2.45) is 16.5 Å². The number of anilines is 2. The van der Waals surface area contributed by atoms with Gasteiger partial charge in [-0.15, -0.1) is 0 Å². The lowest BCUT2D eigenvalue weighted by Crippen LogP contribution is -2.43. The number of carboxylic acid groups (broad SMARTS) is 2. The van der Waals surface area contributed by atoms with Gasteiger partial charge in [-0.3, -0.25) is 24.3 Å².